The molecule has 0 saturated carbocycles. The van der Waals surface area contributed by atoms with Crippen LogP contribution in [0.5, 0.6) is 0 Å². The predicted octanol–water partition coefficient (Wildman–Crippen LogP) is 4.33. The number of carboxylic acids is 1. The van der Waals surface area contributed by atoms with Gasteiger partial charge in [0.2, 0.25) is 5.91 Å². The van der Waals surface area contributed by atoms with E-state index in [4.69, 9.17) is 5.11 Å². The van der Waals surface area contributed by atoms with Crippen molar-refractivity contribution in [2.75, 3.05) is 7.05 Å². The van der Waals surface area contributed by atoms with Gasteiger partial charge in [-0.05, 0) is 58.1 Å². The SMILES string of the molecule is CNC(=O)[C@@]1(C)CCCC(C)=C1/C=C/C(C)=C/C=C/C(C)=C/C(=O)O. The second kappa shape index (κ2) is 9.21. The molecule has 0 aromatic heterocycles. The summed E-state index contributed by atoms with van der Waals surface area (Å²) in [6.45, 7) is 7.83. The van der Waals surface area contributed by atoms with Gasteiger partial charge in [-0.1, -0.05) is 41.5 Å². The van der Waals surface area contributed by atoms with Crippen molar-refractivity contribution in [2.24, 2.45) is 5.41 Å². The second-order valence-electron chi connectivity index (χ2n) is 6.79. The summed E-state index contributed by atoms with van der Waals surface area (Å²) in [5, 5.41) is 11.5. The summed E-state index contributed by atoms with van der Waals surface area (Å²) < 4.78 is 0. The molecule has 25 heavy (non-hydrogen) atoms. The third-order valence-corrected chi connectivity index (χ3v) is 4.59. The topological polar surface area (TPSA) is 66.4 Å². The third-order valence-electron chi connectivity index (χ3n) is 4.59. The largest absolute Gasteiger partial charge is 0.478 e. The molecule has 2 N–H and O–H groups in total. The van der Waals surface area contributed by atoms with E-state index in [2.05, 4.69) is 12.2 Å². The zero-order valence-electron chi connectivity index (χ0n) is 15.8. The summed E-state index contributed by atoms with van der Waals surface area (Å²) in [5.41, 5.74) is 3.59. The van der Waals surface area contributed by atoms with Crippen LogP contribution in [0.4, 0.5) is 0 Å². The summed E-state index contributed by atoms with van der Waals surface area (Å²) >= 11 is 0. The van der Waals surface area contributed by atoms with Crippen LogP contribution in [0.3, 0.4) is 0 Å². The lowest BCUT2D eigenvalue weighted by Crippen LogP contribution is -2.39. The highest BCUT2D eigenvalue weighted by atomic mass is 16.4. The van der Waals surface area contributed by atoms with Gasteiger partial charge in [0.05, 0.1) is 5.41 Å². The first-order valence-electron chi connectivity index (χ1n) is 8.57. The number of allylic oxidation sites excluding steroid dienone is 8. The zero-order valence-corrected chi connectivity index (χ0v) is 15.8. The molecule has 0 heterocycles. The fourth-order valence-electron chi connectivity index (χ4n) is 3.15. The number of aliphatic carboxylic acids is 1. The van der Waals surface area contributed by atoms with E-state index in [0.717, 1.165) is 30.4 Å². The van der Waals surface area contributed by atoms with Crippen LogP contribution in [-0.4, -0.2) is 24.0 Å². The van der Waals surface area contributed by atoms with Gasteiger partial charge in [0.1, 0.15) is 0 Å². The van der Waals surface area contributed by atoms with Crippen LogP contribution < -0.4 is 5.32 Å². The van der Waals surface area contributed by atoms with Crippen molar-refractivity contribution in [3.05, 3.63) is 58.7 Å². The molecule has 0 saturated heterocycles. The van der Waals surface area contributed by atoms with E-state index in [0.29, 0.717) is 5.57 Å². The minimum absolute atomic E-state index is 0.0576. The molecule has 136 valence electrons. The Hall–Kier alpha value is -2.36. The van der Waals surface area contributed by atoms with Crippen LogP contribution in [0, 0.1) is 5.41 Å². The lowest BCUT2D eigenvalue weighted by Gasteiger charge is -2.34. The van der Waals surface area contributed by atoms with Crippen molar-refractivity contribution >= 4 is 11.9 Å². The van der Waals surface area contributed by atoms with Gasteiger partial charge in [-0.2, -0.15) is 0 Å². The quantitative estimate of drug-likeness (QED) is 0.557. The van der Waals surface area contributed by atoms with Gasteiger partial charge in [0.15, 0.2) is 0 Å². The molecule has 0 radical (unpaired) electrons. The summed E-state index contributed by atoms with van der Waals surface area (Å²) in [6, 6.07) is 0. The van der Waals surface area contributed by atoms with E-state index in [1.54, 1.807) is 20.0 Å². The Morgan fingerprint density at radius 2 is 1.88 bits per heavy atom. The smallest absolute Gasteiger partial charge is 0.328 e. The number of hydrogen-bond donors (Lipinski definition) is 2. The molecule has 1 aliphatic rings. The molecule has 0 fully saturated rings. The van der Waals surface area contributed by atoms with E-state index in [1.165, 1.54) is 11.6 Å². The Labute approximate surface area is 150 Å². The predicted molar refractivity (Wildman–Crippen MR) is 102 cm³/mol. The Morgan fingerprint density at radius 1 is 1.20 bits per heavy atom. The Bertz CT molecular complexity index is 677. The average Bonchev–Trinajstić information content (AvgIpc) is 2.52. The van der Waals surface area contributed by atoms with Crippen LogP contribution in [0.25, 0.3) is 0 Å². The Balaban J connectivity index is 2.97. The van der Waals surface area contributed by atoms with Crippen LogP contribution >= 0.6 is 0 Å². The highest BCUT2D eigenvalue weighted by Crippen LogP contribution is 2.41. The number of carbonyl (C=O) groups excluding carboxylic acids is 1. The maximum absolute atomic E-state index is 12.4. The minimum atomic E-state index is -0.948. The lowest BCUT2D eigenvalue weighted by atomic mass is 9.70. The van der Waals surface area contributed by atoms with Gasteiger partial charge < -0.3 is 10.4 Å². The van der Waals surface area contributed by atoms with Crippen LogP contribution in [0.15, 0.2) is 58.7 Å². The average molecular weight is 343 g/mol. The van der Waals surface area contributed by atoms with Gasteiger partial charge in [-0.15, -0.1) is 0 Å². The van der Waals surface area contributed by atoms with Crippen LogP contribution in [0.2, 0.25) is 0 Å². The van der Waals surface area contributed by atoms with Gasteiger partial charge in [0, 0.05) is 13.1 Å². The van der Waals surface area contributed by atoms with E-state index in [1.807, 2.05) is 38.2 Å². The molecule has 4 nitrogen and oxygen atoms in total. The molecule has 1 rings (SSSR count). The van der Waals surface area contributed by atoms with Gasteiger partial charge in [-0.3, -0.25) is 4.79 Å². The first-order chi connectivity index (χ1) is 11.7. The van der Waals surface area contributed by atoms with Crippen molar-refractivity contribution in [3.8, 4) is 0 Å². The fourth-order valence-corrected chi connectivity index (χ4v) is 3.15. The van der Waals surface area contributed by atoms with Crippen molar-refractivity contribution in [1.29, 1.82) is 0 Å². The molecule has 1 aliphatic carbocycles. The first kappa shape index (κ1) is 20.7. The fraction of sp³-hybridized carbons (Fsp3) is 0.429. The van der Waals surface area contributed by atoms with Gasteiger partial charge in [-0.25, -0.2) is 4.79 Å². The molecule has 0 aromatic carbocycles. The highest BCUT2D eigenvalue weighted by molar-refractivity contribution is 5.86. The maximum Gasteiger partial charge on any atom is 0.328 e. The van der Waals surface area contributed by atoms with E-state index in [-0.39, 0.29) is 5.91 Å². The van der Waals surface area contributed by atoms with Crippen molar-refractivity contribution in [3.63, 3.8) is 0 Å². The summed E-state index contributed by atoms with van der Waals surface area (Å²) in [6.07, 6.45) is 13.6. The monoisotopic (exact) mass is 343 g/mol. The molecule has 0 bridgehead atoms. The molecule has 1 amide bonds. The minimum Gasteiger partial charge on any atom is -0.478 e. The number of amides is 1. The normalized spacial score (nSPS) is 22.8. The first-order valence-corrected chi connectivity index (χ1v) is 8.57. The number of rotatable bonds is 6. The van der Waals surface area contributed by atoms with Crippen LogP contribution in [-0.2, 0) is 9.59 Å². The third kappa shape index (κ3) is 5.89. The molecule has 0 aliphatic heterocycles. The summed E-state index contributed by atoms with van der Waals surface area (Å²) in [4.78, 5) is 22.9. The number of nitrogens with one attached hydrogen (secondary N) is 1. The van der Waals surface area contributed by atoms with Crippen molar-refractivity contribution in [1.82, 2.24) is 5.32 Å². The number of carboxylic acid groups (broad SMARTS) is 1. The van der Waals surface area contributed by atoms with Crippen molar-refractivity contribution in [2.45, 2.75) is 47.0 Å². The van der Waals surface area contributed by atoms with Gasteiger partial charge >= 0.3 is 5.97 Å². The highest BCUT2D eigenvalue weighted by Gasteiger charge is 2.38. The maximum atomic E-state index is 12.4. The lowest BCUT2D eigenvalue weighted by molar-refractivity contribution is -0.131. The van der Waals surface area contributed by atoms with Crippen molar-refractivity contribution < 1.29 is 14.7 Å². The number of hydrogen-bond acceptors (Lipinski definition) is 2. The Kier molecular flexibility index (Phi) is 7.62. The van der Waals surface area contributed by atoms with Gasteiger partial charge in [0.25, 0.3) is 0 Å². The molecule has 4 heteroatoms. The zero-order chi connectivity index (χ0) is 19.0. The van der Waals surface area contributed by atoms with Crippen LogP contribution in [0.1, 0.15) is 47.0 Å². The number of carbonyl (C=O) groups is 2. The molecular formula is C21H29NO3. The molecule has 0 aromatic rings. The Morgan fingerprint density at radius 3 is 2.48 bits per heavy atom. The van der Waals surface area contributed by atoms with E-state index >= 15 is 0 Å². The van der Waals surface area contributed by atoms with E-state index < -0.39 is 11.4 Å². The summed E-state index contributed by atoms with van der Waals surface area (Å²) in [7, 11) is 1.68. The summed E-state index contributed by atoms with van der Waals surface area (Å²) in [5.74, 6) is -0.891. The standard InChI is InChI=1S/C21H29NO3/c1-15(8-6-9-16(2)14-19(23)24)11-12-18-17(3)10-7-13-21(18,4)20(25)22-5/h6,8-9,11-12,14H,7,10,13H2,1-5H3,(H,22,25)(H,23,24)/b9-6+,12-11+,15-8+,16-14+/t21-/m0/s1. The van der Waals surface area contributed by atoms with E-state index in [9.17, 15) is 9.59 Å². The molecule has 0 unspecified atom stereocenters. The molecule has 0 spiro atoms. The second-order valence-corrected chi connectivity index (χ2v) is 6.79. The molecule has 1 atom stereocenters. The molecular weight excluding hydrogens is 314 g/mol.